The van der Waals surface area contributed by atoms with Gasteiger partial charge in [0.2, 0.25) is 0 Å². The highest BCUT2D eigenvalue weighted by molar-refractivity contribution is 7.07. The third-order valence-electron chi connectivity index (χ3n) is 4.13. The van der Waals surface area contributed by atoms with Crippen LogP contribution in [0.5, 0.6) is 0 Å². The van der Waals surface area contributed by atoms with Gasteiger partial charge in [-0.15, -0.1) is 0 Å². The van der Waals surface area contributed by atoms with Gasteiger partial charge >= 0.3 is 0 Å². The fraction of sp³-hybridized carbons (Fsp3) is 0.667. The van der Waals surface area contributed by atoms with Gasteiger partial charge in [-0.05, 0) is 48.1 Å². The summed E-state index contributed by atoms with van der Waals surface area (Å²) in [5.74, 6) is 0.495. The van der Waals surface area contributed by atoms with Crippen LogP contribution in [0.2, 0.25) is 0 Å². The number of ketones is 1. The summed E-state index contributed by atoms with van der Waals surface area (Å²) in [5.41, 5.74) is 1.38. The van der Waals surface area contributed by atoms with Crippen LogP contribution >= 0.6 is 11.3 Å². The second-order valence-corrected chi connectivity index (χ2v) is 6.40. The first kappa shape index (κ1) is 12.4. The molecule has 0 spiro atoms. The van der Waals surface area contributed by atoms with E-state index in [1.807, 2.05) is 0 Å². The number of nitrogens with zero attached hydrogens (tertiary/aromatic N) is 1. The van der Waals surface area contributed by atoms with Crippen LogP contribution in [0.4, 0.5) is 0 Å². The van der Waals surface area contributed by atoms with Gasteiger partial charge < -0.3 is 0 Å². The van der Waals surface area contributed by atoms with Crippen LogP contribution in [-0.2, 0) is 11.3 Å². The zero-order chi connectivity index (χ0) is 12.4. The minimum absolute atomic E-state index is 0.208. The van der Waals surface area contributed by atoms with Gasteiger partial charge in [-0.2, -0.15) is 11.3 Å². The highest BCUT2D eigenvalue weighted by atomic mass is 32.1. The van der Waals surface area contributed by atoms with E-state index >= 15 is 0 Å². The van der Waals surface area contributed by atoms with Gasteiger partial charge in [-0.25, -0.2) is 0 Å². The molecule has 98 valence electrons. The summed E-state index contributed by atoms with van der Waals surface area (Å²) in [7, 11) is 0. The molecule has 3 rings (SSSR count). The van der Waals surface area contributed by atoms with Gasteiger partial charge in [0.05, 0.1) is 6.04 Å². The third-order valence-corrected chi connectivity index (χ3v) is 4.87. The average Bonchev–Trinajstić information content (AvgIpc) is 3.12. The summed E-state index contributed by atoms with van der Waals surface area (Å²) in [6, 6.07) is 3.08. The molecular weight excluding hydrogens is 242 g/mol. The number of carbonyl (C=O) groups is 1. The molecule has 18 heavy (non-hydrogen) atoms. The molecule has 2 saturated carbocycles. The topological polar surface area (TPSA) is 20.3 Å². The average molecular weight is 263 g/mol. The molecule has 0 aliphatic heterocycles. The lowest BCUT2D eigenvalue weighted by atomic mass is 10.0. The van der Waals surface area contributed by atoms with Crippen LogP contribution in [0, 0.1) is 0 Å². The molecule has 2 aliphatic carbocycles. The van der Waals surface area contributed by atoms with E-state index in [0.29, 0.717) is 11.8 Å². The molecule has 1 heterocycles. The molecule has 0 aromatic carbocycles. The van der Waals surface area contributed by atoms with Gasteiger partial charge in [0.25, 0.3) is 0 Å². The fourth-order valence-corrected chi connectivity index (χ4v) is 3.65. The van der Waals surface area contributed by atoms with Crippen LogP contribution in [0.1, 0.15) is 50.5 Å². The van der Waals surface area contributed by atoms with Gasteiger partial charge in [-0.3, -0.25) is 9.69 Å². The Morgan fingerprint density at radius 3 is 2.83 bits per heavy atom. The molecule has 0 saturated heterocycles. The molecule has 2 fully saturated rings. The Kier molecular flexibility index (Phi) is 3.80. The van der Waals surface area contributed by atoms with E-state index in [1.165, 1.54) is 31.2 Å². The molecule has 2 aliphatic rings. The molecule has 0 amide bonds. The predicted molar refractivity (Wildman–Crippen MR) is 74.8 cm³/mol. The van der Waals surface area contributed by atoms with E-state index in [1.54, 1.807) is 11.3 Å². The second-order valence-electron chi connectivity index (χ2n) is 5.62. The lowest BCUT2D eigenvalue weighted by Crippen LogP contribution is -2.41. The van der Waals surface area contributed by atoms with Crippen molar-refractivity contribution in [1.82, 2.24) is 4.90 Å². The molecule has 2 nitrogen and oxygen atoms in total. The second kappa shape index (κ2) is 5.54. The smallest absolute Gasteiger partial charge is 0.149 e. The number of hydrogen-bond donors (Lipinski definition) is 0. The summed E-state index contributed by atoms with van der Waals surface area (Å²) in [4.78, 5) is 14.8. The predicted octanol–water partition coefficient (Wildman–Crippen LogP) is 3.61. The molecule has 1 unspecified atom stereocenters. The van der Waals surface area contributed by atoms with Crippen molar-refractivity contribution in [2.24, 2.45) is 0 Å². The molecule has 0 radical (unpaired) electrons. The highest BCUT2D eigenvalue weighted by Gasteiger charge is 2.37. The summed E-state index contributed by atoms with van der Waals surface area (Å²) < 4.78 is 0. The number of Topliss-reactive ketones (excluding diaryl/α,β-unsaturated/α-hetero) is 1. The van der Waals surface area contributed by atoms with E-state index in [2.05, 4.69) is 21.7 Å². The first-order valence-corrected chi connectivity index (χ1v) is 8.08. The van der Waals surface area contributed by atoms with Gasteiger partial charge in [0.1, 0.15) is 5.78 Å². The van der Waals surface area contributed by atoms with Crippen LogP contribution in [0.25, 0.3) is 0 Å². The molecule has 0 bridgehead atoms. The SMILES string of the molecule is O=C1CCCCCC1N(Cc1ccsc1)C1CC1. The summed E-state index contributed by atoms with van der Waals surface area (Å²) in [6.07, 6.45) is 8.02. The van der Waals surface area contributed by atoms with Crippen molar-refractivity contribution in [1.29, 1.82) is 0 Å². The molecular formula is C15H21NOS. The zero-order valence-corrected chi connectivity index (χ0v) is 11.6. The molecule has 1 aromatic rings. The zero-order valence-electron chi connectivity index (χ0n) is 10.8. The Morgan fingerprint density at radius 1 is 1.22 bits per heavy atom. The minimum Gasteiger partial charge on any atom is -0.298 e. The van der Waals surface area contributed by atoms with Crippen LogP contribution < -0.4 is 0 Å². The first-order valence-electron chi connectivity index (χ1n) is 7.14. The summed E-state index contributed by atoms with van der Waals surface area (Å²) >= 11 is 1.75. The minimum atomic E-state index is 0.208. The Morgan fingerprint density at radius 2 is 2.11 bits per heavy atom. The van der Waals surface area contributed by atoms with E-state index in [9.17, 15) is 4.79 Å². The Labute approximate surface area is 113 Å². The van der Waals surface area contributed by atoms with Crippen LogP contribution in [-0.4, -0.2) is 22.8 Å². The van der Waals surface area contributed by atoms with Crippen molar-refractivity contribution in [2.45, 2.75) is 63.6 Å². The maximum atomic E-state index is 12.3. The standard InChI is InChI=1S/C15H21NOS/c17-15-5-3-1-2-4-14(15)16(13-6-7-13)10-12-8-9-18-11-12/h8-9,11,13-14H,1-7,10H2. The molecule has 3 heteroatoms. The molecule has 1 atom stereocenters. The maximum absolute atomic E-state index is 12.3. The van der Waals surface area contributed by atoms with Crippen molar-refractivity contribution in [3.8, 4) is 0 Å². The Bertz CT molecular complexity index is 397. The fourth-order valence-electron chi connectivity index (χ4n) is 2.99. The normalized spacial score (nSPS) is 25.4. The number of hydrogen-bond acceptors (Lipinski definition) is 3. The van der Waals surface area contributed by atoms with Crippen LogP contribution in [0.3, 0.4) is 0 Å². The van der Waals surface area contributed by atoms with E-state index < -0.39 is 0 Å². The van der Waals surface area contributed by atoms with E-state index in [0.717, 1.165) is 25.8 Å². The third kappa shape index (κ3) is 2.83. The van der Waals surface area contributed by atoms with Crippen LogP contribution in [0.15, 0.2) is 16.8 Å². The van der Waals surface area contributed by atoms with Crippen molar-refractivity contribution < 1.29 is 4.79 Å². The van der Waals surface area contributed by atoms with Crippen molar-refractivity contribution in [3.05, 3.63) is 22.4 Å². The van der Waals surface area contributed by atoms with E-state index in [4.69, 9.17) is 0 Å². The van der Waals surface area contributed by atoms with Gasteiger partial charge in [0, 0.05) is 19.0 Å². The van der Waals surface area contributed by atoms with Crippen molar-refractivity contribution in [3.63, 3.8) is 0 Å². The Balaban J connectivity index is 1.73. The molecule has 1 aromatic heterocycles. The quantitative estimate of drug-likeness (QED) is 0.773. The lowest BCUT2D eigenvalue weighted by Gasteiger charge is -2.29. The first-order chi connectivity index (χ1) is 8.84. The summed E-state index contributed by atoms with van der Waals surface area (Å²) in [6.45, 7) is 0.977. The molecule has 0 N–H and O–H groups in total. The van der Waals surface area contributed by atoms with E-state index in [-0.39, 0.29) is 6.04 Å². The van der Waals surface area contributed by atoms with Gasteiger partial charge in [-0.1, -0.05) is 12.8 Å². The number of rotatable bonds is 4. The summed E-state index contributed by atoms with van der Waals surface area (Å²) in [5, 5.41) is 4.35. The largest absolute Gasteiger partial charge is 0.298 e. The Hall–Kier alpha value is -0.670. The lowest BCUT2D eigenvalue weighted by molar-refractivity contribution is -0.124. The number of thiophene rings is 1. The van der Waals surface area contributed by atoms with Crippen molar-refractivity contribution >= 4 is 17.1 Å². The highest BCUT2D eigenvalue weighted by Crippen LogP contribution is 2.33. The monoisotopic (exact) mass is 263 g/mol. The number of carbonyl (C=O) groups excluding carboxylic acids is 1. The van der Waals surface area contributed by atoms with Crippen molar-refractivity contribution in [2.75, 3.05) is 0 Å². The van der Waals surface area contributed by atoms with Gasteiger partial charge in [0.15, 0.2) is 0 Å². The maximum Gasteiger partial charge on any atom is 0.149 e.